The third-order valence-electron chi connectivity index (χ3n) is 3.45. The van der Waals surface area contributed by atoms with Gasteiger partial charge in [0, 0.05) is 6.07 Å². The van der Waals surface area contributed by atoms with E-state index in [2.05, 4.69) is 16.0 Å². The summed E-state index contributed by atoms with van der Waals surface area (Å²) in [5.74, 6) is -0.605. The Morgan fingerprint density at radius 3 is 2.92 bits per heavy atom. The summed E-state index contributed by atoms with van der Waals surface area (Å²) in [5, 5.41) is 9.92. The van der Waals surface area contributed by atoms with Crippen molar-refractivity contribution in [1.82, 2.24) is 5.32 Å². The van der Waals surface area contributed by atoms with Gasteiger partial charge in [0.15, 0.2) is 6.61 Å². The van der Waals surface area contributed by atoms with Gasteiger partial charge in [-0.05, 0) is 24.4 Å². The highest BCUT2D eigenvalue weighted by Gasteiger charge is 2.21. The minimum Gasteiger partial charge on any atom is -0.482 e. The number of carbonyl (C=O) groups is 3. The van der Waals surface area contributed by atoms with Crippen LogP contribution in [0.5, 0.6) is 5.75 Å². The number of hydrogen-bond donors (Lipinski definition) is 3. The van der Waals surface area contributed by atoms with Gasteiger partial charge in [-0.2, -0.15) is 0 Å². The zero-order valence-electron chi connectivity index (χ0n) is 13.1. The van der Waals surface area contributed by atoms with Crippen LogP contribution in [0.15, 0.2) is 29.6 Å². The molecule has 25 heavy (non-hydrogen) atoms. The van der Waals surface area contributed by atoms with Crippen LogP contribution in [0.4, 0.5) is 11.4 Å². The second-order valence-corrected chi connectivity index (χ2v) is 6.68. The van der Waals surface area contributed by atoms with Gasteiger partial charge < -0.3 is 20.7 Å². The largest absolute Gasteiger partial charge is 0.482 e. The number of hydrogen-bond acceptors (Lipinski definition) is 5. The second kappa shape index (κ2) is 7.12. The second-order valence-electron chi connectivity index (χ2n) is 5.33. The molecule has 0 fully saturated rings. The number of halogens is 1. The molecular weight excluding hydrogens is 366 g/mol. The molecule has 0 aliphatic carbocycles. The van der Waals surface area contributed by atoms with Crippen LogP contribution < -0.4 is 20.7 Å². The van der Waals surface area contributed by atoms with E-state index in [4.69, 9.17) is 16.3 Å². The minimum atomic E-state index is -0.762. The molecule has 1 aromatic carbocycles. The third-order valence-corrected chi connectivity index (χ3v) is 4.63. The van der Waals surface area contributed by atoms with E-state index >= 15 is 0 Å². The highest BCUT2D eigenvalue weighted by atomic mass is 35.5. The van der Waals surface area contributed by atoms with Crippen molar-refractivity contribution in [3.05, 3.63) is 39.5 Å². The van der Waals surface area contributed by atoms with Gasteiger partial charge in [-0.15, -0.1) is 11.3 Å². The van der Waals surface area contributed by atoms with E-state index in [1.54, 1.807) is 24.4 Å². The maximum Gasteiger partial charge on any atom is 0.262 e. The Balaban J connectivity index is 1.68. The lowest BCUT2D eigenvalue weighted by atomic mass is 10.2. The van der Waals surface area contributed by atoms with Crippen molar-refractivity contribution in [3.63, 3.8) is 0 Å². The fourth-order valence-corrected chi connectivity index (χ4v) is 3.02. The zero-order chi connectivity index (χ0) is 18.0. The average molecular weight is 380 g/mol. The van der Waals surface area contributed by atoms with Crippen LogP contribution >= 0.6 is 22.9 Å². The maximum atomic E-state index is 12.3. The molecule has 1 aliphatic heterocycles. The maximum absolute atomic E-state index is 12.3. The van der Waals surface area contributed by atoms with Gasteiger partial charge in [-0.3, -0.25) is 14.4 Å². The number of anilines is 2. The van der Waals surface area contributed by atoms with E-state index < -0.39 is 11.9 Å². The average Bonchev–Trinajstić information content (AvgIpc) is 3.10. The molecule has 0 saturated carbocycles. The molecule has 3 N–H and O–H groups in total. The number of thiophene rings is 1. The Labute approximate surface area is 152 Å². The highest BCUT2D eigenvalue weighted by Crippen LogP contribution is 2.36. The summed E-state index contributed by atoms with van der Waals surface area (Å²) in [6.07, 6.45) is 0. The quantitative estimate of drug-likeness (QED) is 0.760. The number of fused-ring (bicyclic) bond motifs is 1. The fourth-order valence-electron chi connectivity index (χ4n) is 2.18. The predicted octanol–water partition coefficient (Wildman–Crippen LogP) is 2.49. The number of benzene rings is 1. The summed E-state index contributed by atoms with van der Waals surface area (Å²) in [6.45, 7) is 1.47. The molecule has 0 radical (unpaired) electrons. The molecule has 2 aromatic rings. The summed E-state index contributed by atoms with van der Waals surface area (Å²) in [6, 6.07) is 5.70. The van der Waals surface area contributed by atoms with Crippen molar-refractivity contribution in [3.8, 4) is 5.75 Å². The fraction of sp³-hybridized carbons (Fsp3) is 0.188. The van der Waals surface area contributed by atoms with Crippen LogP contribution in [0.1, 0.15) is 16.6 Å². The predicted molar refractivity (Wildman–Crippen MR) is 95.5 cm³/mol. The SMILES string of the molecule is CC(NC(=O)c1cccs1)C(=O)Nc1cc2c(cc1Cl)NC(=O)CO2. The first-order chi connectivity index (χ1) is 11.9. The summed E-state index contributed by atoms with van der Waals surface area (Å²) >= 11 is 7.43. The Kier molecular flexibility index (Phi) is 4.91. The molecular formula is C16H14ClN3O4S. The smallest absolute Gasteiger partial charge is 0.262 e. The lowest BCUT2D eigenvalue weighted by Gasteiger charge is -2.20. The first-order valence-corrected chi connectivity index (χ1v) is 8.61. The van der Waals surface area contributed by atoms with Crippen molar-refractivity contribution < 1.29 is 19.1 Å². The molecule has 1 aliphatic rings. The van der Waals surface area contributed by atoms with Crippen LogP contribution in [0.3, 0.4) is 0 Å². The lowest BCUT2D eigenvalue weighted by molar-refractivity contribution is -0.119. The summed E-state index contributed by atoms with van der Waals surface area (Å²) in [5.41, 5.74) is 0.775. The molecule has 130 valence electrons. The van der Waals surface area contributed by atoms with Crippen molar-refractivity contribution in [2.24, 2.45) is 0 Å². The molecule has 7 nitrogen and oxygen atoms in total. The van der Waals surface area contributed by atoms with E-state index in [0.717, 1.165) is 0 Å². The molecule has 0 spiro atoms. The van der Waals surface area contributed by atoms with Crippen LogP contribution in [0.25, 0.3) is 0 Å². The normalized spacial score (nSPS) is 13.9. The Hall–Kier alpha value is -2.58. The molecule has 2 heterocycles. The summed E-state index contributed by atoms with van der Waals surface area (Å²) in [4.78, 5) is 36.1. The standard InChI is InChI=1S/C16H14ClN3O4S/c1-8(18-16(23)13-3-2-4-25-13)15(22)20-10-6-12-11(5-9(10)17)19-14(21)7-24-12/h2-6,8H,7H2,1H3,(H,18,23)(H,19,21)(H,20,22). The number of amides is 3. The van der Waals surface area contributed by atoms with Crippen LogP contribution in [-0.4, -0.2) is 30.4 Å². The number of rotatable bonds is 4. The number of carbonyl (C=O) groups excluding carboxylic acids is 3. The Morgan fingerprint density at radius 1 is 1.40 bits per heavy atom. The monoisotopic (exact) mass is 379 g/mol. The Morgan fingerprint density at radius 2 is 2.20 bits per heavy atom. The van der Waals surface area contributed by atoms with Gasteiger partial charge in [-0.1, -0.05) is 17.7 Å². The molecule has 9 heteroatoms. The molecule has 1 unspecified atom stereocenters. The van der Waals surface area contributed by atoms with Crippen LogP contribution in [0, 0.1) is 0 Å². The lowest BCUT2D eigenvalue weighted by Crippen LogP contribution is -2.41. The van der Waals surface area contributed by atoms with Crippen LogP contribution in [-0.2, 0) is 9.59 Å². The van der Waals surface area contributed by atoms with E-state index in [1.807, 2.05) is 0 Å². The van der Waals surface area contributed by atoms with Gasteiger partial charge in [0.2, 0.25) is 5.91 Å². The van der Waals surface area contributed by atoms with Gasteiger partial charge in [0.05, 0.1) is 21.3 Å². The molecule has 1 aromatic heterocycles. The van der Waals surface area contributed by atoms with Crippen molar-refractivity contribution in [1.29, 1.82) is 0 Å². The topological polar surface area (TPSA) is 96.5 Å². The van der Waals surface area contributed by atoms with Crippen LogP contribution in [0.2, 0.25) is 5.02 Å². The van der Waals surface area contributed by atoms with E-state index in [0.29, 0.717) is 22.0 Å². The van der Waals surface area contributed by atoms with Crippen molar-refractivity contribution in [2.75, 3.05) is 17.2 Å². The van der Waals surface area contributed by atoms with Gasteiger partial charge in [0.1, 0.15) is 11.8 Å². The van der Waals surface area contributed by atoms with E-state index in [9.17, 15) is 14.4 Å². The number of nitrogens with one attached hydrogen (secondary N) is 3. The molecule has 3 rings (SSSR count). The first kappa shape index (κ1) is 17.2. The van der Waals surface area contributed by atoms with Gasteiger partial charge >= 0.3 is 0 Å². The van der Waals surface area contributed by atoms with Crippen molar-refractivity contribution in [2.45, 2.75) is 13.0 Å². The zero-order valence-corrected chi connectivity index (χ0v) is 14.7. The molecule has 1 atom stereocenters. The molecule has 3 amide bonds. The third kappa shape index (κ3) is 3.92. The van der Waals surface area contributed by atoms with E-state index in [1.165, 1.54) is 23.5 Å². The minimum absolute atomic E-state index is 0.102. The number of ether oxygens (including phenoxy) is 1. The van der Waals surface area contributed by atoms with E-state index in [-0.39, 0.29) is 23.4 Å². The summed E-state index contributed by atoms with van der Waals surface area (Å²) in [7, 11) is 0. The van der Waals surface area contributed by atoms with Crippen molar-refractivity contribution >= 4 is 52.0 Å². The highest BCUT2D eigenvalue weighted by molar-refractivity contribution is 7.12. The first-order valence-electron chi connectivity index (χ1n) is 7.35. The summed E-state index contributed by atoms with van der Waals surface area (Å²) < 4.78 is 5.30. The Bertz CT molecular complexity index is 838. The molecule has 0 saturated heterocycles. The molecule has 0 bridgehead atoms. The van der Waals surface area contributed by atoms with Gasteiger partial charge in [0.25, 0.3) is 11.8 Å². The van der Waals surface area contributed by atoms with Gasteiger partial charge in [-0.25, -0.2) is 0 Å².